The van der Waals surface area contributed by atoms with Crippen molar-refractivity contribution in [3.05, 3.63) is 69.8 Å². The first kappa shape index (κ1) is 19.3. The molecule has 1 unspecified atom stereocenters. The van der Waals surface area contributed by atoms with Gasteiger partial charge in [0.25, 0.3) is 5.56 Å². The lowest BCUT2D eigenvalue weighted by atomic mass is 9.95. The molecule has 150 valence electrons. The Labute approximate surface area is 169 Å². The molecule has 6 nitrogen and oxygen atoms in total. The van der Waals surface area contributed by atoms with Crippen molar-refractivity contribution in [2.45, 2.75) is 39.2 Å². The van der Waals surface area contributed by atoms with Gasteiger partial charge in [-0.3, -0.25) is 14.2 Å². The Balaban J connectivity index is 1.82. The fourth-order valence-electron chi connectivity index (χ4n) is 4.17. The minimum atomic E-state index is -0.363. The van der Waals surface area contributed by atoms with Gasteiger partial charge >= 0.3 is 0 Å². The first-order chi connectivity index (χ1) is 14.0. The van der Waals surface area contributed by atoms with E-state index >= 15 is 0 Å². The van der Waals surface area contributed by atoms with Crippen LogP contribution < -0.4 is 10.5 Å². The Morgan fingerprint density at radius 1 is 1.14 bits per heavy atom. The van der Waals surface area contributed by atoms with Crippen LogP contribution in [0.3, 0.4) is 0 Å². The van der Waals surface area contributed by atoms with Crippen LogP contribution >= 0.6 is 0 Å². The van der Waals surface area contributed by atoms with Crippen LogP contribution in [0, 0.1) is 6.92 Å². The molecule has 0 spiro atoms. The largest absolute Gasteiger partial charge is 0.396 e. The molecule has 6 heteroatoms. The van der Waals surface area contributed by atoms with Gasteiger partial charge in [-0.2, -0.15) is 0 Å². The van der Waals surface area contributed by atoms with Gasteiger partial charge in [0.2, 0.25) is 5.91 Å². The zero-order valence-electron chi connectivity index (χ0n) is 16.8. The fraction of sp³-hybridized carbons (Fsp3) is 0.348. The van der Waals surface area contributed by atoms with Crippen LogP contribution in [0.4, 0.5) is 5.69 Å². The number of para-hydroxylation sites is 1. The van der Waals surface area contributed by atoms with Gasteiger partial charge < -0.3 is 10.0 Å². The highest BCUT2D eigenvalue weighted by molar-refractivity contribution is 6.05. The number of nitrogens with zero attached hydrogens (tertiary/aromatic N) is 3. The summed E-state index contributed by atoms with van der Waals surface area (Å²) in [5.41, 5.74) is 3.55. The van der Waals surface area contributed by atoms with Crippen LogP contribution in [-0.4, -0.2) is 33.7 Å². The molecule has 2 aromatic carbocycles. The van der Waals surface area contributed by atoms with Crippen molar-refractivity contribution >= 4 is 22.5 Å². The van der Waals surface area contributed by atoms with E-state index in [0.29, 0.717) is 42.7 Å². The number of amides is 1. The normalized spacial score (nSPS) is 15.9. The van der Waals surface area contributed by atoms with Gasteiger partial charge in [0, 0.05) is 31.8 Å². The van der Waals surface area contributed by atoms with Crippen LogP contribution in [0.5, 0.6) is 0 Å². The number of aryl methyl sites for hydroxylation is 1. The van der Waals surface area contributed by atoms with Crippen molar-refractivity contribution in [2.24, 2.45) is 0 Å². The van der Waals surface area contributed by atoms with E-state index in [4.69, 9.17) is 4.98 Å². The Bertz CT molecular complexity index is 1140. The summed E-state index contributed by atoms with van der Waals surface area (Å²) in [7, 11) is 0. The summed E-state index contributed by atoms with van der Waals surface area (Å²) in [4.78, 5) is 32.8. The highest BCUT2D eigenvalue weighted by atomic mass is 16.3. The first-order valence-corrected chi connectivity index (χ1v) is 10.1. The summed E-state index contributed by atoms with van der Waals surface area (Å²) < 4.78 is 1.62. The Hall–Kier alpha value is -2.99. The van der Waals surface area contributed by atoms with Gasteiger partial charge in [-0.15, -0.1) is 0 Å². The molecular weight excluding hydrogens is 366 g/mol. The van der Waals surface area contributed by atoms with Crippen molar-refractivity contribution in [2.75, 3.05) is 18.1 Å². The monoisotopic (exact) mass is 391 g/mol. The van der Waals surface area contributed by atoms with E-state index in [9.17, 15) is 14.7 Å². The number of hydrogen-bond acceptors (Lipinski definition) is 4. The molecule has 1 aliphatic heterocycles. The third-order valence-electron chi connectivity index (χ3n) is 5.60. The zero-order valence-corrected chi connectivity index (χ0v) is 16.8. The SMILES string of the molecule is CCN1C(=O)C(Cc2nc3ccccc3c(=O)n2CCCO)c2cc(C)ccc21. The molecule has 1 aromatic heterocycles. The van der Waals surface area contributed by atoms with Gasteiger partial charge in [-0.25, -0.2) is 4.98 Å². The van der Waals surface area contributed by atoms with E-state index in [1.54, 1.807) is 15.5 Å². The predicted octanol–water partition coefficient (Wildman–Crippen LogP) is 2.78. The Morgan fingerprint density at radius 3 is 2.69 bits per heavy atom. The van der Waals surface area contributed by atoms with E-state index in [-0.39, 0.29) is 24.0 Å². The number of likely N-dealkylation sites (N-methyl/N-ethyl adjacent to an activating group) is 1. The highest BCUT2D eigenvalue weighted by Crippen LogP contribution is 2.39. The average molecular weight is 391 g/mol. The highest BCUT2D eigenvalue weighted by Gasteiger charge is 2.37. The van der Waals surface area contributed by atoms with E-state index in [1.165, 1.54) is 0 Å². The van der Waals surface area contributed by atoms with Crippen LogP contribution in [0.15, 0.2) is 47.3 Å². The third-order valence-corrected chi connectivity index (χ3v) is 5.60. The lowest BCUT2D eigenvalue weighted by Gasteiger charge is -2.17. The second kappa shape index (κ2) is 7.79. The minimum absolute atomic E-state index is 0.00724. The number of rotatable bonds is 6. The maximum atomic E-state index is 13.2. The molecule has 0 bridgehead atoms. The van der Waals surface area contributed by atoms with Crippen molar-refractivity contribution < 1.29 is 9.90 Å². The number of anilines is 1. The second-order valence-electron chi connectivity index (χ2n) is 7.48. The number of aliphatic hydroxyl groups excluding tert-OH is 1. The lowest BCUT2D eigenvalue weighted by molar-refractivity contribution is -0.119. The number of fused-ring (bicyclic) bond motifs is 2. The number of aromatic nitrogens is 2. The minimum Gasteiger partial charge on any atom is -0.396 e. The summed E-state index contributed by atoms with van der Waals surface area (Å²) in [6.07, 6.45) is 0.819. The molecule has 0 radical (unpaired) electrons. The Kier molecular flexibility index (Phi) is 5.20. The molecule has 1 amide bonds. The zero-order chi connectivity index (χ0) is 20.5. The van der Waals surface area contributed by atoms with Crippen LogP contribution in [0.25, 0.3) is 10.9 Å². The van der Waals surface area contributed by atoms with Crippen molar-refractivity contribution in [1.29, 1.82) is 0 Å². The summed E-state index contributed by atoms with van der Waals surface area (Å²) in [5, 5.41) is 9.83. The molecule has 0 saturated carbocycles. The quantitative estimate of drug-likeness (QED) is 0.701. The van der Waals surface area contributed by atoms with Crippen molar-refractivity contribution in [3.8, 4) is 0 Å². The first-order valence-electron chi connectivity index (χ1n) is 10.1. The fourth-order valence-corrected chi connectivity index (χ4v) is 4.17. The number of carbonyl (C=O) groups is 1. The van der Waals surface area contributed by atoms with Crippen molar-refractivity contribution in [1.82, 2.24) is 9.55 Å². The average Bonchev–Trinajstić information content (AvgIpc) is 2.98. The van der Waals surface area contributed by atoms with Gasteiger partial charge in [0.1, 0.15) is 5.82 Å². The summed E-state index contributed by atoms with van der Waals surface area (Å²) in [6, 6.07) is 13.3. The molecule has 0 saturated heterocycles. The molecule has 2 heterocycles. The maximum absolute atomic E-state index is 13.2. The molecule has 4 rings (SSSR count). The smallest absolute Gasteiger partial charge is 0.261 e. The van der Waals surface area contributed by atoms with Gasteiger partial charge in [0.15, 0.2) is 0 Å². The number of carbonyl (C=O) groups excluding carboxylic acids is 1. The maximum Gasteiger partial charge on any atom is 0.261 e. The van der Waals surface area contributed by atoms with Crippen molar-refractivity contribution in [3.63, 3.8) is 0 Å². The van der Waals surface area contributed by atoms with Gasteiger partial charge in [-0.1, -0.05) is 29.8 Å². The van der Waals surface area contributed by atoms with E-state index in [1.807, 2.05) is 44.2 Å². The second-order valence-corrected chi connectivity index (χ2v) is 7.48. The number of aliphatic hydroxyl groups is 1. The molecule has 0 aliphatic carbocycles. The van der Waals surface area contributed by atoms with Crippen LogP contribution in [-0.2, 0) is 17.8 Å². The van der Waals surface area contributed by atoms with Crippen LogP contribution in [0.1, 0.15) is 36.2 Å². The molecule has 1 N–H and O–H groups in total. The number of hydrogen-bond donors (Lipinski definition) is 1. The molecule has 29 heavy (non-hydrogen) atoms. The molecular formula is C23H25N3O3. The van der Waals surface area contributed by atoms with Gasteiger partial charge in [-0.05, 0) is 44.0 Å². The number of benzene rings is 2. The Morgan fingerprint density at radius 2 is 1.93 bits per heavy atom. The van der Waals surface area contributed by atoms with Gasteiger partial charge in [0.05, 0.1) is 16.8 Å². The van der Waals surface area contributed by atoms with E-state index in [0.717, 1.165) is 16.8 Å². The molecule has 3 aromatic rings. The molecule has 1 atom stereocenters. The summed E-state index contributed by atoms with van der Waals surface area (Å²) >= 11 is 0. The topological polar surface area (TPSA) is 75.4 Å². The summed E-state index contributed by atoms with van der Waals surface area (Å²) in [5.74, 6) is 0.272. The standard InChI is InChI=1S/C23H25N3O3/c1-3-25-20-10-9-15(2)13-17(20)18(23(25)29)14-21-24-19-8-5-4-7-16(19)22(28)26(21)11-6-12-27/h4-5,7-10,13,18,27H,3,6,11-12,14H2,1-2H3. The molecule has 1 aliphatic rings. The van der Waals surface area contributed by atoms with E-state index in [2.05, 4.69) is 6.07 Å². The lowest BCUT2D eigenvalue weighted by Crippen LogP contribution is -2.31. The van der Waals surface area contributed by atoms with E-state index < -0.39 is 0 Å². The summed E-state index contributed by atoms with van der Waals surface area (Å²) in [6.45, 7) is 4.96. The predicted molar refractivity (Wildman–Crippen MR) is 113 cm³/mol. The molecule has 0 fully saturated rings. The van der Waals surface area contributed by atoms with Crippen LogP contribution in [0.2, 0.25) is 0 Å². The third kappa shape index (κ3) is 3.34.